The molecule has 0 spiro atoms. The summed E-state index contributed by atoms with van der Waals surface area (Å²) in [5, 5.41) is 14.1. The highest BCUT2D eigenvalue weighted by Crippen LogP contribution is 2.28. The van der Waals surface area contributed by atoms with Crippen LogP contribution < -0.4 is 5.32 Å². The molecule has 0 saturated heterocycles. The van der Waals surface area contributed by atoms with Crippen LogP contribution in [-0.2, 0) is 0 Å². The Hall–Kier alpha value is -1.65. The second-order valence-electron chi connectivity index (χ2n) is 5.55. The van der Waals surface area contributed by atoms with Gasteiger partial charge in [0.1, 0.15) is 0 Å². The average molecular weight is 280 g/mol. The minimum atomic E-state index is -0.785. The minimum absolute atomic E-state index is 0.330. The van der Waals surface area contributed by atoms with Gasteiger partial charge >= 0.3 is 5.69 Å². The summed E-state index contributed by atoms with van der Waals surface area (Å²) in [4.78, 5) is 10.1. The fourth-order valence-electron chi connectivity index (χ4n) is 2.91. The molecule has 0 amide bonds. The van der Waals surface area contributed by atoms with E-state index in [1.807, 2.05) is 0 Å². The lowest BCUT2D eigenvalue weighted by atomic mass is 9.98. The van der Waals surface area contributed by atoms with E-state index in [0.717, 1.165) is 24.8 Å². The molecule has 0 bridgehead atoms. The number of hydrogen-bond donors (Lipinski definition) is 1. The number of nitrogens with one attached hydrogen (secondary N) is 1. The topological polar surface area (TPSA) is 55.2 Å². The van der Waals surface area contributed by atoms with Crippen LogP contribution in [0.3, 0.4) is 0 Å². The molecule has 1 aromatic carbocycles. The lowest BCUT2D eigenvalue weighted by Crippen LogP contribution is -2.18. The van der Waals surface area contributed by atoms with Crippen LogP contribution in [0, 0.1) is 21.8 Å². The maximum Gasteiger partial charge on any atom is 0.306 e. The van der Waals surface area contributed by atoms with E-state index in [0.29, 0.717) is 11.7 Å². The van der Waals surface area contributed by atoms with E-state index in [2.05, 4.69) is 12.2 Å². The van der Waals surface area contributed by atoms with Crippen molar-refractivity contribution in [1.82, 2.24) is 0 Å². The fraction of sp³-hybridized carbons (Fsp3) is 0.600. The van der Waals surface area contributed by atoms with E-state index >= 15 is 0 Å². The first kappa shape index (κ1) is 14.8. The maximum atomic E-state index is 13.3. The molecule has 0 aliphatic heterocycles. The molecular formula is C15H21FN2O2. The number of benzene rings is 1. The number of halogens is 1. The van der Waals surface area contributed by atoms with Crippen LogP contribution in [0.5, 0.6) is 0 Å². The van der Waals surface area contributed by atoms with Crippen LogP contribution in [0.1, 0.15) is 45.4 Å². The first-order valence-electron chi connectivity index (χ1n) is 7.30. The molecule has 0 heterocycles. The second-order valence-corrected chi connectivity index (χ2v) is 5.55. The summed E-state index contributed by atoms with van der Waals surface area (Å²) >= 11 is 0. The van der Waals surface area contributed by atoms with Crippen molar-refractivity contribution in [2.75, 3.05) is 5.32 Å². The predicted octanol–water partition coefficient (Wildman–Crippen LogP) is 4.50. The summed E-state index contributed by atoms with van der Waals surface area (Å²) in [6.07, 6.45) is 7.00. The number of nitro groups is 1. The number of nitrogens with zero attached hydrogens (tertiary/aromatic N) is 1. The van der Waals surface area contributed by atoms with Crippen molar-refractivity contribution in [3.8, 4) is 0 Å². The molecule has 2 rings (SSSR count). The molecule has 2 unspecified atom stereocenters. The third-order valence-electron chi connectivity index (χ3n) is 4.18. The standard InChI is InChI=1S/C15H21FN2O2/c1-2-11-4-3-5-12(7-6-11)17-13-8-9-14(16)15(10-13)18(19)20/h8-12,17H,2-7H2,1H3. The Morgan fingerprint density at radius 1 is 1.35 bits per heavy atom. The van der Waals surface area contributed by atoms with Gasteiger partial charge in [-0.1, -0.05) is 26.2 Å². The molecule has 5 heteroatoms. The van der Waals surface area contributed by atoms with Crippen LogP contribution in [0.4, 0.5) is 15.8 Å². The Morgan fingerprint density at radius 3 is 2.85 bits per heavy atom. The van der Waals surface area contributed by atoms with Crippen LogP contribution >= 0.6 is 0 Å². The first-order chi connectivity index (χ1) is 9.60. The zero-order chi connectivity index (χ0) is 14.5. The summed E-state index contributed by atoms with van der Waals surface area (Å²) in [6.45, 7) is 2.22. The van der Waals surface area contributed by atoms with Crippen molar-refractivity contribution in [1.29, 1.82) is 0 Å². The Kier molecular flexibility index (Phi) is 4.93. The van der Waals surface area contributed by atoms with Crippen molar-refractivity contribution < 1.29 is 9.31 Å². The van der Waals surface area contributed by atoms with Gasteiger partial charge < -0.3 is 5.32 Å². The summed E-state index contributed by atoms with van der Waals surface area (Å²) in [7, 11) is 0. The summed E-state index contributed by atoms with van der Waals surface area (Å²) in [5.74, 6) is 0.0109. The maximum absolute atomic E-state index is 13.3. The molecular weight excluding hydrogens is 259 g/mol. The smallest absolute Gasteiger partial charge is 0.306 e. The Morgan fingerprint density at radius 2 is 2.15 bits per heavy atom. The van der Waals surface area contributed by atoms with Gasteiger partial charge in [0.25, 0.3) is 0 Å². The highest BCUT2D eigenvalue weighted by molar-refractivity contribution is 5.52. The molecule has 1 aliphatic carbocycles. The highest BCUT2D eigenvalue weighted by atomic mass is 19.1. The molecule has 110 valence electrons. The number of anilines is 1. The van der Waals surface area contributed by atoms with Gasteiger partial charge in [-0.05, 0) is 37.3 Å². The van der Waals surface area contributed by atoms with E-state index in [4.69, 9.17) is 0 Å². The number of hydrogen-bond acceptors (Lipinski definition) is 3. The zero-order valence-electron chi connectivity index (χ0n) is 11.8. The van der Waals surface area contributed by atoms with Crippen molar-refractivity contribution in [3.05, 3.63) is 34.1 Å². The van der Waals surface area contributed by atoms with Crippen molar-refractivity contribution in [2.24, 2.45) is 5.92 Å². The molecule has 1 aromatic rings. The molecule has 0 radical (unpaired) electrons. The van der Waals surface area contributed by atoms with E-state index in [1.54, 1.807) is 6.07 Å². The van der Waals surface area contributed by atoms with Gasteiger partial charge in [-0.15, -0.1) is 0 Å². The van der Waals surface area contributed by atoms with Gasteiger partial charge in [-0.25, -0.2) is 0 Å². The van der Waals surface area contributed by atoms with E-state index < -0.39 is 16.4 Å². The van der Waals surface area contributed by atoms with Crippen LogP contribution in [0.2, 0.25) is 0 Å². The van der Waals surface area contributed by atoms with Crippen molar-refractivity contribution >= 4 is 11.4 Å². The minimum Gasteiger partial charge on any atom is -0.382 e. The summed E-state index contributed by atoms with van der Waals surface area (Å²) < 4.78 is 13.3. The highest BCUT2D eigenvalue weighted by Gasteiger charge is 2.19. The molecule has 1 aliphatic rings. The molecule has 1 fully saturated rings. The lowest BCUT2D eigenvalue weighted by Gasteiger charge is -2.18. The quantitative estimate of drug-likeness (QED) is 0.501. The summed E-state index contributed by atoms with van der Waals surface area (Å²) in [5.41, 5.74) is 0.174. The Labute approximate surface area is 118 Å². The van der Waals surface area contributed by atoms with Crippen LogP contribution in [0.15, 0.2) is 18.2 Å². The summed E-state index contributed by atoms with van der Waals surface area (Å²) in [6, 6.07) is 4.35. The SMILES string of the molecule is CCC1CCCC(Nc2ccc(F)c([N+](=O)[O-])c2)CC1. The van der Waals surface area contributed by atoms with Crippen molar-refractivity contribution in [2.45, 2.75) is 51.5 Å². The monoisotopic (exact) mass is 280 g/mol. The van der Waals surface area contributed by atoms with Gasteiger partial charge in [0, 0.05) is 17.8 Å². The predicted molar refractivity (Wildman–Crippen MR) is 77.3 cm³/mol. The largest absolute Gasteiger partial charge is 0.382 e. The third kappa shape index (κ3) is 3.68. The number of rotatable bonds is 4. The van der Waals surface area contributed by atoms with Gasteiger partial charge in [0.2, 0.25) is 5.82 Å². The molecule has 2 atom stereocenters. The molecule has 0 aromatic heterocycles. The second kappa shape index (κ2) is 6.68. The molecule has 20 heavy (non-hydrogen) atoms. The number of nitro benzene ring substituents is 1. The fourth-order valence-corrected chi connectivity index (χ4v) is 2.91. The molecule has 4 nitrogen and oxygen atoms in total. The average Bonchev–Trinajstić information content (AvgIpc) is 2.66. The third-order valence-corrected chi connectivity index (χ3v) is 4.18. The van der Waals surface area contributed by atoms with Crippen LogP contribution in [-0.4, -0.2) is 11.0 Å². The zero-order valence-corrected chi connectivity index (χ0v) is 11.8. The van der Waals surface area contributed by atoms with E-state index in [9.17, 15) is 14.5 Å². The molecule has 1 saturated carbocycles. The normalized spacial score (nSPS) is 23.1. The lowest BCUT2D eigenvalue weighted by molar-refractivity contribution is -0.387. The van der Waals surface area contributed by atoms with Crippen molar-refractivity contribution in [3.63, 3.8) is 0 Å². The Bertz CT molecular complexity index is 479. The molecule has 1 N–H and O–H groups in total. The van der Waals surface area contributed by atoms with Gasteiger partial charge in [0.15, 0.2) is 0 Å². The van der Waals surface area contributed by atoms with E-state index in [1.165, 1.54) is 31.7 Å². The first-order valence-corrected chi connectivity index (χ1v) is 7.30. The van der Waals surface area contributed by atoms with Gasteiger partial charge in [-0.3, -0.25) is 10.1 Å². The van der Waals surface area contributed by atoms with Crippen LogP contribution in [0.25, 0.3) is 0 Å². The van der Waals surface area contributed by atoms with Gasteiger partial charge in [-0.2, -0.15) is 4.39 Å². The van der Waals surface area contributed by atoms with E-state index in [-0.39, 0.29) is 0 Å². The Balaban J connectivity index is 2.02. The van der Waals surface area contributed by atoms with Gasteiger partial charge in [0.05, 0.1) is 4.92 Å².